The van der Waals surface area contributed by atoms with Crippen molar-refractivity contribution in [1.82, 2.24) is 10.2 Å². The lowest BCUT2D eigenvalue weighted by Crippen LogP contribution is -2.53. The second-order valence-electron chi connectivity index (χ2n) is 9.82. The first-order chi connectivity index (χ1) is 17.5. The highest BCUT2D eigenvalue weighted by molar-refractivity contribution is 5.89. The average molecular weight is 487 g/mol. The zero-order chi connectivity index (χ0) is 25.3. The summed E-state index contributed by atoms with van der Waals surface area (Å²) in [6.45, 7) is 2.30. The van der Waals surface area contributed by atoms with Gasteiger partial charge in [-0.25, -0.2) is 4.39 Å². The molecule has 36 heavy (non-hydrogen) atoms. The molecule has 0 unspecified atom stereocenters. The van der Waals surface area contributed by atoms with E-state index in [1.54, 1.807) is 23.1 Å². The molecule has 0 aromatic heterocycles. The monoisotopic (exact) mass is 486 g/mol. The maximum atomic E-state index is 14.5. The van der Waals surface area contributed by atoms with Gasteiger partial charge in [-0.05, 0) is 42.5 Å². The third-order valence-corrected chi connectivity index (χ3v) is 7.00. The van der Waals surface area contributed by atoms with Crippen molar-refractivity contribution in [3.05, 3.63) is 107 Å². The van der Waals surface area contributed by atoms with E-state index in [1.165, 1.54) is 12.5 Å². The van der Waals surface area contributed by atoms with Gasteiger partial charge in [-0.3, -0.25) is 9.59 Å². The van der Waals surface area contributed by atoms with Gasteiger partial charge in [-0.15, -0.1) is 0 Å². The van der Waals surface area contributed by atoms with Crippen LogP contribution in [0.4, 0.5) is 4.39 Å². The number of halogens is 1. The Hall–Kier alpha value is -3.47. The van der Waals surface area contributed by atoms with Crippen LogP contribution in [0.2, 0.25) is 0 Å². The van der Waals surface area contributed by atoms with Crippen molar-refractivity contribution in [2.24, 2.45) is 0 Å². The number of nitrogens with zero attached hydrogens (tertiary/aromatic N) is 1. The van der Waals surface area contributed by atoms with E-state index in [2.05, 4.69) is 5.32 Å². The molecule has 1 atom stereocenters. The Kier molecular flexibility index (Phi) is 8.88. The number of benzene rings is 3. The highest BCUT2D eigenvalue weighted by Crippen LogP contribution is 2.21. The molecular formula is C31H35FN2O2. The minimum Gasteiger partial charge on any atom is -0.352 e. The summed E-state index contributed by atoms with van der Waals surface area (Å²) in [6, 6.07) is 23.5. The Labute approximate surface area is 213 Å². The maximum Gasteiger partial charge on any atom is 0.243 e. The molecule has 0 saturated heterocycles. The SMILES string of the molecule is Cc1ccc(CN(C(=O)Cc2ccccc2F)[C@@H](Cc2ccccc2)C(=O)NC2CCCCC2)cc1. The molecule has 0 bridgehead atoms. The van der Waals surface area contributed by atoms with Crippen molar-refractivity contribution in [3.8, 4) is 0 Å². The molecule has 1 aliphatic rings. The van der Waals surface area contributed by atoms with Gasteiger partial charge in [0, 0.05) is 19.0 Å². The van der Waals surface area contributed by atoms with E-state index in [9.17, 15) is 14.0 Å². The third kappa shape index (κ3) is 7.03. The molecule has 3 aromatic rings. The molecule has 1 saturated carbocycles. The van der Waals surface area contributed by atoms with E-state index in [0.717, 1.165) is 42.4 Å². The molecule has 3 aromatic carbocycles. The Morgan fingerprint density at radius 2 is 1.56 bits per heavy atom. The predicted molar refractivity (Wildman–Crippen MR) is 141 cm³/mol. The summed E-state index contributed by atoms with van der Waals surface area (Å²) in [5, 5.41) is 3.24. The molecule has 2 amide bonds. The second-order valence-corrected chi connectivity index (χ2v) is 9.82. The number of carbonyl (C=O) groups excluding carboxylic acids is 2. The van der Waals surface area contributed by atoms with Gasteiger partial charge in [0.2, 0.25) is 11.8 Å². The molecule has 0 radical (unpaired) electrons. The van der Waals surface area contributed by atoms with Crippen LogP contribution >= 0.6 is 0 Å². The third-order valence-electron chi connectivity index (χ3n) is 7.00. The molecule has 0 spiro atoms. The van der Waals surface area contributed by atoms with Crippen molar-refractivity contribution >= 4 is 11.8 Å². The van der Waals surface area contributed by atoms with Gasteiger partial charge in [0.15, 0.2) is 0 Å². The molecule has 188 valence electrons. The minimum atomic E-state index is -0.699. The van der Waals surface area contributed by atoms with Crippen LogP contribution in [0.5, 0.6) is 0 Å². The number of hydrogen-bond acceptors (Lipinski definition) is 2. The summed E-state index contributed by atoms with van der Waals surface area (Å²) in [7, 11) is 0. The fourth-order valence-corrected chi connectivity index (χ4v) is 4.89. The van der Waals surface area contributed by atoms with Crippen LogP contribution in [-0.4, -0.2) is 28.8 Å². The zero-order valence-electron chi connectivity index (χ0n) is 21.0. The van der Waals surface area contributed by atoms with Crippen molar-refractivity contribution < 1.29 is 14.0 Å². The molecule has 1 N–H and O–H groups in total. The van der Waals surface area contributed by atoms with E-state index in [1.807, 2.05) is 61.5 Å². The number of amides is 2. The summed E-state index contributed by atoms with van der Waals surface area (Å²) in [5.74, 6) is -0.812. The van der Waals surface area contributed by atoms with E-state index in [-0.39, 0.29) is 30.8 Å². The van der Waals surface area contributed by atoms with Gasteiger partial charge in [-0.2, -0.15) is 0 Å². The van der Waals surface area contributed by atoms with Gasteiger partial charge in [0.05, 0.1) is 6.42 Å². The number of hydrogen-bond donors (Lipinski definition) is 1. The normalized spacial score (nSPS) is 14.7. The predicted octanol–water partition coefficient (Wildman–Crippen LogP) is 5.77. The quantitative estimate of drug-likeness (QED) is 0.418. The molecule has 5 heteroatoms. The van der Waals surface area contributed by atoms with Crippen LogP contribution in [-0.2, 0) is 29.0 Å². The summed E-state index contributed by atoms with van der Waals surface area (Å²) in [6.07, 6.45) is 5.63. The highest BCUT2D eigenvalue weighted by atomic mass is 19.1. The van der Waals surface area contributed by atoms with Crippen LogP contribution in [0.15, 0.2) is 78.9 Å². The van der Waals surface area contributed by atoms with E-state index >= 15 is 0 Å². The summed E-state index contributed by atoms with van der Waals surface area (Å²) < 4.78 is 14.5. The fraction of sp³-hybridized carbons (Fsp3) is 0.355. The van der Waals surface area contributed by atoms with Crippen molar-refractivity contribution in [1.29, 1.82) is 0 Å². The molecule has 0 heterocycles. The Morgan fingerprint density at radius 3 is 2.25 bits per heavy atom. The number of carbonyl (C=O) groups is 2. The van der Waals surface area contributed by atoms with E-state index < -0.39 is 11.9 Å². The van der Waals surface area contributed by atoms with Gasteiger partial charge in [0.1, 0.15) is 11.9 Å². The molecule has 0 aliphatic heterocycles. The largest absolute Gasteiger partial charge is 0.352 e. The smallest absolute Gasteiger partial charge is 0.243 e. The lowest BCUT2D eigenvalue weighted by molar-refractivity contribution is -0.141. The van der Waals surface area contributed by atoms with Crippen LogP contribution in [0, 0.1) is 12.7 Å². The van der Waals surface area contributed by atoms with Crippen LogP contribution in [0.25, 0.3) is 0 Å². The Balaban J connectivity index is 1.65. The van der Waals surface area contributed by atoms with Crippen LogP contribution in [0.1, 0.15) is 54.4 Å². The lowest BCUT2D eigenvalue weighted by atomic mass is 9.94. The number of rotatable bonds is 9. The highest BCUT2D eigenvalue weighted by Gasteiger charge is 2.32. The Bertz CT molecular complexity index is 1140. The summed E-state index contributed by atoms with van der Waals surface area (Å²) in [5.41, 5.74) is 3.38. The first-order valence-electron chi connectivity index (χ1n) is 12.9. The molecule has 4 rings (SSSR count). The number of aryl methyl sites for hydroxylation is 1. The molecule has 1 aliphatic carbocycles. The first-order valence-corrected chi connectivity index (χ1v) is 12.9. The first kappa shape index (κ1) is 25.6. The Morgan fingerprint density at radius 1 is 0.889 bits per heavy atom. The van der Waals surface area contributed by atoms with E-state index in [4.69, 9.17) is 0 Å². The standard InChI is InChI=1S/C31H35FN2O2/c1-23-16-18-25(19-17-23)22-34(30(35)21-26-12-8-9-15-28(26)32)29(20-24-10-4-2-5-11-24)31(36)33-27-13-6-3-7-14-27/h2,4-5,8-12,15-19,27,29H,3,6-7,13-14,20-22H2,1H3,(H,33,36)/t29-/m0/s1. The minimum absolute atomic E-state index is 0.0967. The molecular weight excluding hydrogens is 451 g/mol. The lowest BCUT2D eigenvalue weighted by Gasteiger charge is -2.33. The molecule has 4 nitrogen and oxygen atoms in total. The second kappa shape index (κ2) is 12.5. The van der Waals surface area contributed by atoms with Gasteiger partial charge in [-0.1, -0.05) is 97.6 Å². The zero-order valence-corrected chi connectivity index (χ0v) is 21.0. The number of nitrogens with one attached hydrogen (secondary N) is 1. The molecule has 1 fully saturated rings. The van der Waals surface area contributed by atoms with Crippen molar-refractivity contribution in [2.75, 3.05) is 0 Å². The van der Waals surface area contributed by atoms with Crippen molar-refractivity contribution in [3.63, 3.8) is 0 Å². The topological polar surface area (TPSA) is 49.4 Å². The maximum absolute atomic E-state index is 14.5. The summed E-state index contributed by atoms with van der Waals surface area (Å²) >= 11 is 0. The van der Waals surface area contributed by atoms with Crippen LogP contribution in [0.3, 0.4) is 0 Å². The van der Waals surface area contributed by atoms with Crippen molar-refractivity contribution in [2.45, 2.75) is 70.5 Å². The van der Waals surface area contributed by atoms with Gasteiger partial charge in [0.25, 0.3) is 0 Å². The van der Waals surface area contributed by atoms with Crippen LogP contribution < -0.4 is 5.32 Å². The average Bonchev–Trinajstić information content (AvgIpc) is 2.89. The van der Waals surface area contributed by atoms with Gasteiger partial charge >= 0.3 is 0 Å². The fourth-order valence-electron chi connectivity index (χ4n) is 4.89. The van der Waals surface area contributed by atoms with Gasteiger partial charge < -0.3 is 10.2 Å². The van der Waals surface area contributed by atoms with E-state index in [0.29, 0.717) is 12.0 Å². The summed E-state index contributed by atoms with van der Waals surface area (Å²) in [4.78, 5) is 29.1.